The molecule has 0 aliphatic carbocycles. The van der Waals surface area contributed by atoms with Crippen molar-refractivity contribution in [2.45, 2.75) is 33.4 Å². The second kappa shape index (κ2) is 6.13. The Hall–Kier alpha value is -2.17. The standard InChI is InChI=1S/C14H18N4O/c1-10(2)19-13-5-7-16-14(18-13)17-9-12-8-15-6-4-11(12)3/h4-8,10H,9H2,1-3H3,(H,16,17,18). The second-order valence-electron chi connectivity index (χ2n) is 4.54. The fourth-order valence-corrected chi connectivity index (χ4v) is 1.59. The quantitative estimate of drug-likeness (QED) is 0.893. The van der Waals surface area contributed by atoms with E-state index >= 15 is 0 Å². The van der Waals surface area contributed by atoms with Crippen LogP contribution in [0.15, 0.2) is 30.7 Å². The molecule has 0 saturated heterocycles. The van der Waals surface area contributed by atoms with Crippen LogP contribution in [-0.2, 0) is 6.54 Å². The molecule has 1 N–H and O–H groups in total. The molecule has 0 aliphatic rings. The molecule has 0 saturated carbocycles. The predicted molar refractivity (Wildman–Crippen MR) is 74.1 cm³/mol. The van der Waals surface area contributed by atoms with Crippen molar-refractivity contribution in [1.82, 2.24) is 15.0 Å². The van der Waals surface area contributed by atoms with Crippen LogP contribution in [0.4, 0.5) is 5.95 Å². The predicted octanol–water partition coefficient (Wildman–Crippen LogP) is 2.58. The van der Waals surface area contributed by atoms with E-state index in [0.717, 1.165) is 5.56 Å². The number of pyridine rings is 1. The lowest BCUT2D eigenvalue weighted by molar-refractivity contribution is 0.232. The van der Waals surface area contributed by atoms with E-state index in [2.05, 4.69) is 27.2 Å². The summed E-state index contributed by atoms with van der Waals surface area (Å²) in [6.07, 6.45) is 5.41. The Balaban J connectivity index is 2.02. The SMILES string of the molecule is Cc1ccncc1CNc1nccc(OC(C)C)n1. The molecule has 0 aromatic carbocycles. The highest BCUT2D eigenvalue weighted by Crippen LogP contribution is 2.12. The number of aromatic nitrogens is 3. The first-order valence-electron chi connectivity index (χ1n) is 6.28. The summed E-state index contributed by atoms with van der Waals surface area (Å²) in [6, 6.07) is 3.73. The Kier molecular flexibility index (Phi) is 4.28. The van der Waals surface area contributed by atoms with Gasteiger partial charge in [-0.15, -0.1) is 0 Å². The fourth-order valence-electron chi connectivity index (χ4n) is 1.59. The van der Waals surface area contributed by atoms with Gasteiger partial charge in [-0.1, -0.05) is 0 Å². The first-order valence-corrected chi connectivity index (χ1v) is 6.28. The molecule has 5 heteroatoms. The van der Waals surface area contributed by atoms with E-state index in [1.165, 1.54) is 5.56 Å². The highest BCUT2D eigenvalue weighted by Gasteiger charge is 2.03. The van der Waals surface area contributed by atoms with E-state index in [4.69, 9.17) is 4.74 Å². The maximum Gasteiger partial charge on any atom is 0.226 e. The highest BCUT2D eigenvalue weighted by atomic mass is 16.5. The molecule has 0 spiro atoms. The molecular weight excluding hydrogens is 240 g/mol. The van der Waals surface area contributed by atoms with Crippen LogP contribution in [0.3, 0.4) is 0 Å². The summed E-state index contributed by atoms with van der Waals surface area (Å²) < 4.78 is 5.53. The number of hydrogen-bond acceptors (Lipinski definition) is 5. The molecule has 2 heterocycles. The molecular formula is C14H18N4O. The van der Waals surface area contributed by atoms with Gasteiger partial charge < -0.3 is 10.1 Å². The third kappa shape index (κ3) is 3.91. The van der Waals surface area contributed by atoms with E-state index in [0.29, 0.717) is 18.4 Å². The lowest BCUT2D eigenvalue weighted by Crippen LogP contribution is -2.09. The van der Waals surface area contributed by atoms with Crippen molar-refractivity contribution >= 4 is 5.95 Å². The van der Waals surface area contributed by atoms with Crippen LogP contribution in [-0.4, -0.2) is 21.1 Å². The number of rotatable bonds is 5. The van der Waals surface area contributed by atoms with E-state index in [1.807, 2.05) is 26.1 Å². The minimum absolute atomic E-state index is 0.100. The van der Waals surface area contributed by atoms with Crippen molar-refractivity contribution < 1.29 is 4.74 Å². The van der Waals surface area contributed by atoms with Crippen LogP contribution in [0.25, 0.3) is 0 Å². The van der Waals surface area contributed by atoms with Crippen LogP contribution in [0, 0.1) is 6.92 Å². The first-order chi connectivity index (χ1) is 9.15. The average molecular weight is 258 g/mol. The van der Waals surface area contributed by atoms with Crippen molar-refractivity contribution in [2.24, 2.45) is 0 Å². The minimum Gasteiger partial charge on any atom is -0.475 e. The van der Waals surface area contributed by atoms with Crippen molar-refractivity contribution in [3.05, 3.63) is 41.9 Å². The number of hydrogen-bond donors (Lipinski definition) is 1. The van der Waals surface area contributed by atoms with E-state index in [1.54, 1.807) is 18.5 Å². The van der Waals surface area contributed by atoms with Gasteiger partial charge in [-0.3, -0.25) is 4.98 Å². The first kappa shape index (κ1) is 13.3. The van der Waals surface area contributed by atoms with Crippen LogP contribution >= 0.6 is 0 Å². The average Bonchev–Trinajstić information content (AvgIpc) is 2.37. The van der Waals surface area contributed by atoms with Gasteiger partial charge in [0.2, 0.25) is 11.8 Å². The second-order valence-corrected chi connectivity index (χ2v) is 4.54. The lowest BCUT2D eigenvalue weighted by atomic mass is 10.2. The Morgan fingerprint density at radius 3 is 2.84 bits per heavy atom. The van der Waals surface area contributed by atoms with Crippen LogP contribution in [0.2, 0.25) is 0 Å². The summed E-state index contributed by atoms with van der Waals surface area (Å²) in [5, 5.41) is 3.17. The molecule has 5 nitrogen and oxygen atoms in total. The van der Waals surface area contributed by atoms with Gasteiger partial charge in [0.25, 0.3) is 0 Å². The molecule has 0 unspecified atom stereocenters. The topological polar surface area (TPSA) is 59.9 Å². The zero-order valence-corrected chi connectivity index (χ0v) is 11.4. The van der Waals surface area contributed by atoms with Gasteiger partial charge in [-0.05, 0) is 38.0 Å². The van der Waals surface area contributed by atoms with E-state index < -0.39 is 0 Å². The number of nitrogens with one attached hydrogen (secondary N) is 1. The van der Waals surface area contributed by atoms with Crippen molar-refractivity contribution in [2.75, 3.05) is 5.32 Å². The molecule has 2 aromatic rings. The molecule has 0 aliphatic heterocycles. The Morgan fingerprint density at radius 2 is 2.11 bits per heavy atom. The fraction of sp³-hybridized carbons (Fsp3) is 0.357. The number of aryl methyl sites for hydroxylation is 1. The van der Waals surface area contributed by atoms with Crippen LogP contribution in [0.5, 0.6) is 5.88 Å². The van der Waals surface area contributed by atoms with Gasteiger partial charge in [0.15, 0.2) is 0 Å². The summed E-state index contributed by atoms with van der Waals surface area (Å²) in [5.74, 6) is 1.14. The molecule has 0 atom stereocenters. The van der Waals surface area contributed by atoms with Gasteiger partial charge in [0.05, 0.1) is 6.10 Å². The minimum atomic E-state index is 0.100. The van der Waals surface area contributed by atoms with Gasteiger partial charge in [0.1, 0.15) is 0 Å². The maximum absolute atomic E-state index is 5.53. The largest absolute Gasteiger partial charge is 0.475 e. The van der Waals surface area contributed by atoms with Crippen LogP contribution in [0.1, 0.15) is 25.0 Å². The summed E-state index contributed by atoms with van der Waals surface area (Å²) in [6.45, 7) is 6.63. The summed E-state index contributed by atoms with van der Waals surface area (Å²) >= 11 is 0. The Bertz CT molecular complexity index is 542. The Labute approximate surface area is 113 Å². The molecule has 0 radical (unpaired) electrons. The molecule has 2 rings (SSSR count). The Morgan fingerprint density at radius 1 is 1.26 bits per heavy atom. The zero-order valence-electron chi connectivity index (χ0n) is 11.4. The highest BCUT2D eigenvalue weighted by molar-refractivity contribution is 5.31. The number of nitrogens with zero attached hydrogens (tertiary/aromatic N) is 3. The summed E-state index contributed by atoms with van der Waals surface area (Å²) in [5.41, 5.74) is 2.32. The van der Waals surface area contributed by atoms with Gasteiger partial charge in [-0.25, -0.2) is 4.98 Å². The van der Waals surface area contributed by atoms with Crippen LogP contribution < -0.4 is 10.1 Å². The molecule has 2 aromatic heterocycles. The zero-order chi connectivity index (χ0) is 13.7. The smallest absolute Gasteiger partial charge is 0.226 e. The maximum atomic E-state index is 5.53. The number of ether oxygens (including phenoxy) is 1. The number of anilines is 1. The monoisotopic (exact) mass is 258 g/mol. The third-order valence-corrected chi connectivity index (χ3v) is 2.57. The van der Waals surface area contributed by atoms with Gasteiger partial charge in [0, 0.05) is 31.2 Å². The third-order valence-electron chi connectivity index (χ3n) is 2.57. The molecule has 100 valence electrons. The molecule has 0 fully saturated rings. The van der Waals surface area contributed by atoms with Crippen molar-refractivity contribution in [1.29, 1.82) is 0 Å². The van der Waals surface area contributed by atoms with Crippen molar-refractivity contribution in [3.63, 3.8) is 0 Å². The summed E-state index contributed by atoms with van der Waals surface area (Å²) in [7, 11) is 0. The molecule has 19 heavy (non-hydrogen) atoms. The normalized spacial score (nSPS) is 10.5. The lowest BCUT2D eigenvalue weighted by Gasteiger charge is -2.10. The molecule has 0 amide bonds. The van der Waals surface area contributed by atoms with Crippen molar-refractivity contribution in [3.8, 4) is 5.88 Å². The summed E-state index contributed by atoms with van der Waals surface area (Å²) in [4.78, 5) is 12.6. The van der Waals surface area contributed by atoms with Gasteiger partial charge >= 0.3 is 0 Å². The molecule has 0 bridgehead atoms. The van der Waals surface area contributed by atoms with Gasteiger partial charge in [-0.2, -0.15) is 4.98 Å². The van der Waals surface area contributed by atoms with E-state index in [9.17, 15) is 0 Å². The van der Waals surface area contributed by atoms with E-state index in [-0.39, 0.29) is 6.10 Å².